The van der Waals surface area contributed by atoms with Crippen LogP contribution in [0.15, 0.2) is 18.5 Å². The summed E-state index contributed by atoms with van der Waals surface area (Å²) < 4.78 is 0. The number of hydrogen-bond acceptors (Lipinski definition) is 4. The third kappa shape index (κ3) is 5.71. The summed E-state index contributed by atoms with van der Waals surface area (Å²) in [5.41, 5.74) is 2.58. The van der Waals surface area contributed by atoms with Crippen molar-refractivity contribution in [1.82, 2.24) is 10.3 Å². The summed E-state index contributed by atoms with van der Waals surface area (Å²) in [7, 11) is 2.19. The molecular formula is C16H29N3S. The Kier molecular flexibility index (Phi) is 8.00. The molecule has 20 heavy (non-hydrogen) atoms. The van der Waals surface area contributed by atoms with Crippen molar-refractivity contribution < 1.29 is 0 Å². The molecule has 0 aliphatic rings. The van der Waals surface area contributed by atoms with Gasteiger partial charge in [0.15, 0.2) is 0 Å². The minimum Gasteiger partial charge on any atom is -0.372 e. The van der Waals surface area contributed by atoms with Gasteiger partial charge in [-0.3, -0.25) is 4.98 Å². The first-order valence-electron chi connectivity index (χ1n) is 7.41. The Labute approximate surface area is 128 Å². The van der Waals surface area contributed by atoms with Crippen LogP contribution in [0.1, 0.15) is 32.8 Å². The van der Waals surface area contributed by atoms with E-state index in [2.05, 4.69) is 55.3 Å². The van der Waals surface area contributed by atoms with Crippen LogP contribution in [-0.2, 0) is 6.54 Å². The number of hydrogen-bond donors (Lipinski definition) is 1. The van der Waals surface area contributed by atoms with Crippen LogP contribution in [0.2, 0.25) is 0 Å². The lowest BCUT2D eigenvalue weighted by Gasteiger charge is -2.29. The topological polar surface area (TPSA) is 28.2 Å². The predicted molar refractivity (Wildman–Crippen MR) is 91.6 cm³/mol. The third-order valence-electron chi connectivity index (χ3n) is 3.53. The SMILES string of the molecule is CSCCC(C)N(C)c1ccncc1CNCC(C)C. The van der Waals surface area contributed by atoms with Gasteiger partial charge in [0.2, 0.25) is 0 Å². The summed E-state index contributed by atoms with van der Waals surface area (Å²) in [6.07, 6.45) is 7.25. The van der Waals surface area contributed by atoms with E-state index in [0.29, 0.717) is 12.0 Å². The summed E-state index contributed by atoms with van der Waals surface area (Å²) in [5.74, 6) is 1.88. The molecule has 0 radical (unpaired) electrons. The number of pyridine rings is 1. The molecule has 0 saturated carbocycles. The molecule has 1 aromatic heterocycles. The molecule has 1 aromatic rings. The van der Waals surface area contributed by atoms with Gasteiger partial charge in [-0.2, -0.15) is 11.8 Å². The molecule has 1 heterocycles. The van der Waals surface area contributed by atoms with E-state index < -0.39 is 0 Å². The lowest BCUT2D eigenvalue weighted by Crippen LogP contribution is -2.31. The maximum Gasteiger partial charge on any atom is 0.0442 e. The lowest BCUT2D eigenvalue weighted by atomic mass is 10.1. The molecule has 0 aromatic carbocycles. The molecule has 1 atom stereocenters. The average Bonchev–Trinajstić information content (AvgIpc) is 2.44. The fourth-order valence-corrected chi connectivity index (χ4v) is 2.69. The highest BCUT2D eigenvalue weighted by Gasteiger charge is 2.13. The van der Waals surface area contributed by atoms with Crippen molar-refractivity contribution >= 4 is 17.4 Å². The minimum absolute atomic E-state index is 0.550. The second kappa shape index (κ2) is 9.24. The van der Waals surface area contributed by atoms with Crippen LogP contribution in [0, 0.1) is 5.92 Å². The highest BCUT2D eigenvalue weighted by molar-refractivity contribution is 7.98. The second-order valence-corrected chi connectivity index (χ2v) is 6.76. The second-order valence-electron chi connectivity index (χ2n) is 5.77. The molecular weight excluding hydrogens is 266 g/mol. The fraction of sp³-hybridized carbons (Fsp3) is 0.688. The van der Waals surface area contributed by atoms with Gasteiger partial charge >= 0.3 is 0 Å². The van der Waals surface area contributed by atoms with Crippen molar-refractivity contribution in [3.05, 3.63) is 24.0 Å². The van der Waals surface area contributed by atoms with E-state index >= 15 is 0 Å². The van der Waals surface area contributed by atoms with Crippen molar-refractivity contribution in [2.75, 3.05) is 30.5 Å². The molecule has 0 saturated heterocycles. The zero-order valence-corrected chi connectivity index (χ0v) is 14.3. The van der Waals surface area contributed by atoms with Gasteiger partial charge in [0, 0.05) is 43.3 Å². The zero-order valence-electron chi connectivity index (χ0n) is 13.5. The summed E-state index contributed by atoms with van der Waals surface area (Å²) >= 11 is 1.91. The summed E-state index contributed by atoms with van der Waals surface area (Å²) in [6.45, 7) is 8.69. The van der Waals surface area contributed by atoms with Crippen molar-refractivity contribution in [1.29, 1.82) is 0 Å². The van der Waals surface area contributed by atoms with Crippen LogP contribution in [0.3, 0.4) is 0 Å². The van der Waals surface area contributed by atoms with Crippen LogP contribution >= 0.6 is 11.8 Å². The van der Waals surface area contributed by atoms with E-state index in [1.54, 1.807) is 0 Å². The molecule has 0 amide bonds. The van der Waals surface area contributed by atoms with Crippen LogP contribution in [0.4, 0.5) is 5.69 Å². The highest BCUT2D eigenvalue weighted by atomic mass is 32.2. The van der Waals surface area contributed by atoms with E-state index in [4.69, 9.17) is 0 Å². The molecule has 3 nitrogen and oxygen atoms in total. The van der Waals surface area contributed by atoms with Crippen LogP contribution in [0.5, 0.6) is 0 Å². The summed E-state index contributed by atoms with van der Waals surface area (Å²) in [6, 6.07) is 2.68. The van der Waals surface area contributed by atoms with E-state index in [9.17, 15) is 0 Å². The number of anilines is 1. The van der Waals surface area contributed by atoms with Crippen molar-refractivity contribution in [3.8, 4) is 0 Å². The fourth-order valence-electron chi connectivity index (χ4n) is 2.12. The molecule has 1 rings (SSSR count). The predicted octanol–water partition coefficient (Wildman–Crippen LogP) is 3.41. The smallest absolute Gasteiger partial charge is 0.0442 e. The third-order valence-corrected chi connectivity index (χ3v) is 4.17. The molecule has 1 unspecified atom stereocenters. The van der Waals surface area contributed by atoms with E-state index in [1.807, 2.05) is 24.2 Å². The number of thioether (sulfide) groups is 1. The average molecular weight is 295 g/mol. The van der Waals surface area contributed by atoms with Gasteiger partial charge in [-0.15, -0.1) is 0 Å². The van der Waals surface area contributed by atoms with E-state index in [1.165, 1.54) is 23.4 Å². The molecule has 114 valence electrons. The van der Waals surface area contributed by atoms with Crippen LogP contribution in [-0.4, -0.2) is 36.6 Å². The van der Waals surface area contributed by atoms with Gasteiger partial charge < -0.3 is 10.2 Å². The van der Waals surface area contributed by atoms with Crippen LogP contribution < -0.4 is 10.2 Å². The Morgan fingerprint density at radius 3 is 2.75 bits per heavy atom. The molecule has 1 N–H and O–H groups in total. The normalized spacial score (nSPS) is 12.7. The molecule has 0 bridgehead atoms. The first kappa shape index (κ1) is 17.3. The Morgan fingerprint density at radius 1 is 1.35 bits per heavy atom. The standard InChI is InChI=1S/C16H29N3S/c1-13(2)10-18-12-15-11-17-8-6-16(15)19(4)14(3)7-9-20-5/h6,8,11,13-14,18H,7,9-10,12H2,1-5H3. The number of aromatic nitrogens is 1. The van der Waals surface area contributed by atoms with Crippen molar-refractivity contribution in [2.24, 2.45) is 5.92 Å². The van der Waals surface area contributed by atoms with Crippen LogP contribution in [0.25, 0.3) is 0 Å². The Bertz CT molecular complexity index is 382. The zero-order chi connectivity index (χ0) is 15.0. The van der Waals surface area contributed by atoms with Gasteiger partial charge in [-0.1, -0.05) is 13.8 Å². The number of rotatable bonds is 9. The van der Waals surface area contributed by atoms with E-state index in [-0.39, 0.29) is 0 Å². The van der Waals surface area contributed by atoms with Crippen molar-refractivity contribution in [3.63, 3.8) is 0 Å². The molecule has 0 fully saturated rings. The number of nitrogens with zero attached hydrogens (tertiary/aromatic N) is 2. The Balaban J connectivity index is 2.68. The summed E-state index contributed by atoms with van der Waals surface area (Å²) in [4.78, 5) is 6.66. The van der Waals surface area contributed by atoms with Gasteiger partial charge in [-0.05, 0) is 43.9 Å². The molecule has 4 heteroatoms. The van der Waals surface area contributed by atoms with Gasteiger partial charge in [0.25, 0.3) is 0 Å². The highest BCUT2D eigenvalue weighted by Crippen LogP contribution is 2.21. The summed E-state index contributed by atoms with van der Waals surface area (Å²) in [5, 5.41) is 3.51. The molecule has 0 spiro atoms. The van der Waals surface area contributed by atoms with E-state index in [0.717, 1.165) is 13.1 Å². The first-order valence-corrected chi connectivity index (χ1v) is 8.81. The van der Waals surface area contributed by atoms with Gasteiger partial charge in [0.05, 0.1) is 0 Å². The monoisotopic (exact) mass is 295 g/mol. The van der Waals surface area contributed by atoms with Gasteiger partial charge in [0.1, 0.15) is 0 Å². The maximum absolute atomic E-state index is 4.28. The first-order chi connectivity index (χ1) is 9.56. The number of nitrogens with one attached hydrogen (secondary N) is 1. The lowest BCUT2D eigenvalue weighted by molar-refractivity contribution is 0.550. The molecule has 0 aliphatic carbocycles. The Morgan fingerprint density at radius 2 is 2.10 bits per heavy atom. The van der Waals surface area contributed by atoms with Gasteiger partial charge in [-0.25, -0.2) is 0 Å². The molecule has 0 aliphatic heterocycles. The maximum atomic E-state index is 4.28. The van der Waals surface area contributed by atoms with Crippen molar-refractivity contribution in [2.45, 2.75) is 39.8 Å². The minimum atomic E-state index is 0.550. The largest absolute Gasteiger partial charge is 0.372 e. The quantitative estimate of drug-likeness (QED) is 0.756. The Hall–Kier alpha value is -0.740.